The normalized spacial score (nSPS) is 25.6. The van der Waals surface area contributed by atoms with Crippen LogP contribution in [0.4, 0.5) is 0 Å². The van der Waals surface area contributed by atoms with Crippen molar-refractivity contribution in [3.8, 4) is 0 Å². The molecule has 8 heteroatoms. The molecule has 3 aliphatic rings. The van der Waals surface area contributed by atoms with E-state index < -0.39 is 0 Å². The molecule has 0 N–H and O–H groups in total. The summed E-state index contributed by atoms with van der Waals surface area (Å²) >= 11 is 0. The molecule has 1 aliphatic carbocycles. The van der Waals surface area contributed by atoms with Crippen molar-refractivity contribution in [1.82, 2.24) is 30.0 Å². The van der Waals surface area contributed by atoms with Crippen molar-refractivity contribution in [2.75, 3.05) is 39.9 Å². The number of tetrazole rings is 1. The number of benzene rings is 1. The fourth-order valence-electron chi connectivity index (χ4n) is 5.61. The molecule has 3 heterocycles. The largest absolute Gasteiger partial charge is 0.383 e. The summed E-state index contributed by atoms with van der Waals surface area (Å²) in [5.74, 6) is 1.16. The lowest BCUT2D eigenvalue weighted by molar-refractivity contribution is -0.139. The third-order valence-electron chi connectivity index (χ3n) is 7.41. The van der Waals surface area contributed by atoms with Crippen molar-refractivity contribution in [2.24, 2.45) is 0 Å². The summed E-state index contributed by atoms with van der Waals surface area (Å²) in [6.07, 6.45) is 6.18. The molecule has 2 saturated heterocycles. The van der Waals surface area contributed by atoms with Crippen LogP contribution in [0.5, 0.6) is 0 Å². The Morgan fingerprint density at radius 2 is 1.84 bits per heavy atom. The SMILES string of the molecule is COCCn1nnnc1C1(N2CCCC2)CCCN(C(=O)C2(c3ccccc3)CC2)C1. The number of hydrogen-bond acceptors (Lipinski definition) is 6. The Bertz CT molecular complexity index is 906. The summed E-state index contributed by atoms with van der Waals surface area (Å²) in [6.45, 7) is 4.71. The number of amides is 1. The second kappa shape index (κ2) is 8.31. The Hall–Kier alpha value is -2.32. The maximum absolute atomic E-state index is 13.8. The number of nitrogens with zero attached hydrogens (tertiary/aromatic N) is 6. The molecule has 166 valence electrons. The van der Waals surface area contributed by atoms with Crippen LogP contribution in [0.1, 0.15) is 49.9 Å². The maximum Gasteiger partial charge on any atom is 0.233 e. The van der Waals surface area contributed by atoms with Gasteiger partial charge in [0.1, 0.15) is 5.54 Å². The lowest BCUT2D eigenvalue weighted by Gasteiger charge is -2.48. The molecule has 5 rings (SSSR count). The lowest BCUT2D eigenvalue weighted by Crippen LogP contribution is -2.59. The Balaban J connectivity index is 1.46. The van der Waals surface area contributed by atoms with Crippen molar-refractivity contribution in [2.45, 2.75) is 56.0 Å². The van der Waals surface area contributed by atoms with Crippen LogP contribution in [0.2, 0.25) is 0 Å². The number of ether oxygens (including phenoxy) is 1. The molecule has 1 aromatic heterocycles. The molecule has 1 aromatic carbocycles. The van der Waals surface area contributed by atoms with Gasteiger partial charge in [0.05, 0.1) is 18.6 Å². The van der Waals surface area contributed by atoms with E-state index in [0.29, 0.717) is 19.7 Å². The quantitative estimate of drug-likeness (QED) is 0.676. The van der Waals surface area contributed by atoms with Gasteiger partial charge in [-0.25, -0.2) is 4.68 Å². The van der Waals surface area contributed by atoms with E-state index in [1.807, 2.05) is 22.9 Å². The van der Waals surface area contributed by atoms with Crippen molar-refractivity contribution in [1.29, 1.82) is 0 Å². The summed E-state index contributed by atoms with van der Waals surface area (Å²) in [5.41, 5.74) is 0.494. The second-order valence-electron chi connectivity index (χ2n) is 9.22. The first-order valence-electron chi connectivity index (χ1n) is 11.6. The van der Waals surface area contributed by atoms with E-state index in [9.17, 15) is 4.79 Å². The van der Waals surface area contributed by atoms with Gasteiger partial charge in [0.25, 0.3) is 0 Å². The Morgan fingerprint density at radius 1 is 1.06 bits per heavy atom. The number of likely N-dealkylation sites (tertiary alicyclic amines) is 2. The molecule has 0 radical (unpaired) electrons. The smallest absolute Gasteiger partial charge is 0.233 e. The topological polar surface area (TPSA) is 76.4 Å². The van der Waals surface area contributed by atoms with E-state index in [2.05, 4.69) is 37.5 Å². The van der Waals surface area contributed by atoms with E-state index >= 15 is 0 Å². The van der Waals surface area contributed by atoms with Crippen LogP contribution >= 0.6 is 0 Å². The molecule has 0 bridgehead atoms. The monoisotopic (exact) mass is 424 g/mol. The molecule has 8 nitrogen and oxygen atoms in total. The van der Waals surface area contributed by atoms with Crippen LogP contribution in [0.3, 0.4) is 0 Å². The van der Waals surface area contributed by atoms with E-state index in [0.717, 1.165) is 56.7 Å². The zero-order valence-corrected chi connectivity index (χ0v) is 18.4. The van der Waals surface area contributed by atoms with Crippen LogP contribution in [-0.2, 0) is 27.0 Å². The molecule has 2 aromatic rings. The molecule has 1 atom stereocenters. The molecular formula is C23H32N6O2. The van der Waals surface area contributed by atoms with Gasteiger partial charge < -0.3 is 9.64 Å². The van der Waals surface area contributed by atoms with E-state index in [1.54, 1.807) is 7.11 Å². The van der Waals surface area contributed by atoms with Crippen LogP contribution in [0, 0.1) is 0 Å². The predicted octanol–water partition coefficient (Wildman–Crippen LogP) is 1.96. The molecular weight excluding hydrogens is 392 g/mol. The minimum Gasteiger partial charge on any atom is -0.383 e. The first-order chi connectivity index (χ1) is 15.2. The van der Waals surface area contributed by atoms with Gasteiger partial charge in [-0.3, -0.25) is 9.69 Å². The fraction of sp³-hybridized carbons (Fsp3) is 0.652. The standard InChI is InChI=1S/C23H32N6O2/c1-31-17-16-29-20(24-25-26-29)23(28-14-5-6-15-28)10-7-13-27(18-23)21(30)22(11-12-22)19-8-3-2-4-9-19/h2-4,8-9H,5-7,10-18H2,1H3. The molecule has 1 unspecified atom stereocenters. The van der Waals surface area contributed by atoms with Gasteiger partial charge in [-0.05, 0) is 67.6 Å². The first kappa shape index (κ1) is 20.6. The van der Waals surface area contributed by atoms with Gasteiger partial charge in [-0.2, -0.15) is 0 Å². The summed E-state index contributed by atoms with van der Waals surface area (Å²) in [4.78, 5) is 18.5. The summed E-state index contributed by atoms with van der Waals surface area (Å²) in [7, 11) is 1.69. The predicted molar refractivity (Wildman–Crippen MR) is 115 cm³/mol. The summed E-state index contributed by atoms with van der Waals surface area (Å²) in [5, 5.41) is 12.8. The Kier molecular flexibility index (Phi) is 5.52. The Labute approximate surface area is 183 Å². The van der Waals surface area contributed by atoms with Gasteiger partial charge in [-0.1, -0.05) is 30.3 Å². The second-order valence-corrected chi connectivity index (χ2v) is 9.22. The van der Waals surface area contributed by atoms with Crippen molar-refractivity contribution in [3.05, 3.63) is 41.7 Å². The van der Waals surface area contributed by atoms with Gasteiger partial charge >= 0.3 is 0 Å². The molecule has 1 saturated carbocycles. The third kappa shape index (κ3) is 3.55. The Morgan fingerprint density at radius 3 is 2.55 bits per heavy atom. The third-order valence-corrected chi connectivity index (χ3v) is 7.41. The van der Waals surface area contributed by atoms with E-state index in [1.165, 1.54) is 12.8 Å². The summed E-state index contributed by atoms with van der Waals surface area (Å²) in [6, 6.07) is 10.3. The summed E-state index contributed by atoms with van der Waals surface area (Å²) < 4.78 is 7.17. The lowest BCUT2D eigenvalue weighted by atomic mass is 9.84. The van der Waals surface area contributed by atoms with Crippen molar-refractivity contribution < 1.29 is 9.53 Å². The zero-order valence-electron chi connectivity index (χ0n) is 18.4. The minimum atomic E-state index is -0.336. The van der Waals surface area contributed by atoms with Crippen LogP contribution in [0.15, 0.2) is 30.3 Å². The molecule has 3 fully saturated rings. The van der Waals surface area contributed by atoms with Crippen LogP contribution in [0.25, 0.3) is 0 Å². The van der Waals surface area contributed by atoms with Gasteiger partial charge in [0.2, 0.25) is 5.91 Å². The van der Waals surface area contributed by atoms with Crippen LogP contribution in [-0.4, -0.2) is 75.8 Å². The average molecular weight is 425 g/mol. The van der Waals surface area contributed by atoms with Gasteiger partial charge in [0.15, 0.2) is 5.82 Å². The highest BCUT2D eigenvalue weighted by molar-refractivity contribution is 5.91. The first-order valence-corrected chi connectivity index (χ1v) is 11.6. The molecule has 2 aliphatic heterocycles. The molecule has 1 amide bonds. The number of carbonyl (C=O) groups is 1. The van der Waals surface area contributed by atoms with E-state index in [4.69, 9.17) is 4.74 Å². The minimum absolute atomic E-state index is 0.276. The molecule has 31 heavy (non-hydrogen) atoms. The van der Waals surface area contributed by atoms with Gasteiger partial charge in [-0.15, -0.1) is 5.10 Å². The number of carbonyl (C=O) groups excluding carboxylic acids is 1. The highest BCUT2D eigenvalue weighted by Gasteiger charge is 2.56. The number of aromatic nitrogens is 4. The zero-order chi connectivity index (χ0) is 21.3. The number of hydrogen-bond donors (Lipinski definition) is 0. The maximum atomic E-state index is 13.8. The molecule has 0 spiro atoms. The number of rotatable bonds is 7. The fourth-order valence-corrected chi connectivity index (χ4v) is 5.61. The average Bonchev–Trinajstić information content (AvgIpc) is 3.21. The number of methoxy groups -OCH3 is 1. The highest BCUT2D eigenvalue weighted by atomic mass is 16.5. The number of piperidine rings is 1. The van der Waals surface area contributed by atoms with Crippen molar-refractivity contribution >= 4 is 5.91 Å². The van der Waals surface area contributed by atoms with Crippen molar-refractivity contribution in [3.63, 3.8) is 0 Å². The highest BCUT2D eigenvalue weighted by Crippen LogP contribution is 2.50. The van der Waals surface area contributed by atoms with Crippen LogP contribution < -0.4 is 0 Å². The van der Waals surface area contributed by atoms with Gasteiger partial charge in [0, 0.05) is 20.2 Å². The van der Waals surface area contributed by atoms with E-state index in [-0.39, 0.29) is 16.9 Å².